The SMILES string of the molecule is CC(C)(C)C(CCO)NC(=O)NC1CCOC1. The lowest BCUT2D eigenvalue weighted by Crippen LogP contribution is -2.51. The Labute approximate surface area is 103 Å². The van der Waals surface area contributed by atoms with Crippen LogP contribution in [0.4, 0.5) is 4.79 Å². The molecule has 17 heavy (non-hydrogen) atoms. The van der Waals surface area contributed by atoms with E-state index in [0.29, 0.717) is 19.6 Å². The van der Waals surface area contributed by atoms with Gasteiger partial charge >= 0.3 is 6.03 Å². The van der Waals surface area contributed by atoms with Gasteiger partial charge in [-0.15, -0.1) is 0 Å². The number of ether oxygens (including phenoxy) is 1. The van der Waals surface area contributed by atoms with Crippen LogP contribution in [-0.4, -0.2) is 43.0 Å². The maximum Gasteiger partial charge on any atom is 0.315 e. The second kappa shape index (κ2) is 6.21. The summed E-state index contributed by atoms with van der Waals surface area (Å²) in [7, 11) is 0. The largest absolute Gasteiger partial charge is 0.396 e. The number of carbonyl (C=O) groups is 1. The van der Waals surface area contributed by atoms with Crippen LogP contribution in [0.25, 0.3) is 0 Å². The fourth-order valence-corrected chi connectivity index (χ4v) is 1.88. The number of rotatable bonds is 4. The van der Waals surface area contributed by atoms with Gasteiger partial charge in [-0.1, -0.05) is 20.8 Å². The lowest BCUT2D eigenvalue weighted by Gasteiger charge is -2.31. The maximum absolute atomic E-state index is 11.8. The highest BCUT2D eigenvalue weighted by Gasteiger charge is 2.26. The van der Waals surface area contributed by atoms with Crippen LogP contribution in [0.2, 0.25) is 0 Å². The standard InChI is InChI=1S/C12H24N2O3/c1-12(2,3)10(4-6-15)14-11(16)13-9-5-7-17-8-9/h9-10,15H,4-8H2,1-3H3,(H2,13,14,16). The van der Waals surface area contributed by atoms with Crippen molar-refractivity contribution in [2.75, 3.05) is 19.8 Å². The Morgan fingerprint density at radius 2 is 2.24 bits per heavy atom. The minimum Gasteiger partial charge on any atom is -0.396 e. The Balaban J connectivity index is 2.40. The van der Waals surface area contributed by atoms with Crippen molar-refractivity contribution in [3.63, 3.8) is 0 Å². The van der Waals surface area contributed by atoms with Gasteiger partial charge in [0.25, 0.3) is 0 Å². The van der Waals surface area contributed by atoms with E-state index in [0.717, 1.165) is 6.42 Å². The molecule has 2 unspecified atom stereocenters. The molecule has 2 atom stereocenters. The molecule has 0 aromatic heterocycles. The normalized spacial score (nSPS) is 22.2. The smallest absolute Gasteiger partial charge is 0.315 e. The molecule has 0 aliphatic carbocycles. The van der Waals surface area contributed by atoms with E-state index in [1.54, 1.807) is 0 Å². The second-order valence-electron chi connectivity index (χ2n) is 5.61. The summed E-state index contributed by atoms with van der Waals surface area (Å²) in [6, 6.07) is -0.0894. The van der Waals surface area contributed by atoms with Crippen LogP contribution in [0.15, 0.2) is 0 Å². The Bertz CT molecular complexity index is 245. The molecular weight excluding hydrogens is 220 g/mol. The van der Waals surface area contributed by atoms with Crippen LogP contribution < -0.4 is 10.6 Å². The molecule has 1 heterocycles. The van der Waals surface area contributed by atoms with Crippen molar-refractivity contribution in [2.45, 2.75) is 45.7 Å². The maximum atomic E-state index is 11.8. The first-order valence-electron chi connectivity index (χ1n) is 6.19. The van der Waals surface area contributed by atoms with E-state index in [9.17, 15) is 4.79 Å². The summed E-state index contributed by atoms with van der Waals surface area (Å²) in [5.74, 6) is 0. The topological polar surface area (TPSA) is 70.6 Å². The summed E-state index contributed by atoms with van der Waals surface area (Å²) in [6.07, 6.45) is 1.44. The van der Waals surface area contributed by atoms with E-state index in [-0.39, 0.29) is 30.1 Å². The fraction of sp³-hybridized carbons (Fsp3) is 0.917. The molecular formula is C12H24N2O3. The number of hydrogen-bond donors (Lipinski definition) is 3. The predicted octanol–water partition coefficient (Wildman–Crippen LogP) is 0.872. The van der Waals surface area contributed by atoms with Gasteiger partial charge in [-0.3, -0.25) is 0 Å². The number of aliphatic hydroxyl groups excluding tert-OH is 1. The molecule has 1 aliphatic heterocycles. The van der Waals surface area contributed by atoms with Crippen LogP contribution >= 0.6 is 0 Å². The average molecular weight is 244 g/mol. The highest BCUT2D eigenvalue weighted by Crippen LogP contribution is 2.21. The Hall–Kier alpha value is -0.810. The van der Waals surface area contributed by atoms with Crippen molar-refractivity contribution in [2.24, 2.45) is 5.41 Å². The molecule has 1 saturated heterocycles. The van der Waals surface area contributed by atoms with Gasteiger partial charge in [-0.05, 0) is 18.3 Å². The molecule has 2 amide bonds. The van der Waals surface area contributed by atoms with E-state index in [4.69, 9.17) is 9.84 Å². The molecule has 0 spiro atoms. The van der Waals surface area contributed by atoms with E-state index in [1.165, 1.54) is 0 Å². The minimum atomic E-state index is -0.172. The quantitative estimate of drug-likeness (QED) is 0.687. The number of nitrogens with one attached hydrogen (secondary N) is 2. The van der Waals surface area contributed by atoms with Crippen LogP contribution in [0.3, 0.4) is 0 Å². The number of hydrogen-bond acceptors (Lipinski definition) is 3. The lowest BCUT2D eigenvalue weighted by molar-refractivity contribution is 0.179. The number of amides is 2. The molecule has 5 heteroatoms. The minimum absolute atomic E-state index is 0.0326. The number of aliphatic hydroxyl groups is 1. The van der Waals surface area contributed by atoms with Gasteiger partial charge in [0.15, 0.2) is 0 Å². The fourth-order valence-electron chi connectivity index (χ4n) is 1.88. The zero-order valence-corrected chi connectivity index (χ0v) is 11.0. The monoisotopic (exact) mass is 244 g/mol. The molecule has 3 N–H and O–H groups in total. The first kappa shape index (κ1) is 14.3. The van der Waals surface area contributed by atoms with E-state index < -0.39 is 0 Å². The molecule has 0 saturated carbocycles. The van der Waals surface area contributed by atoms with Crippen LogP contribution in [0.1, 0.15) is 33.6 Å². The molecule has 0 bridgehead atoms. The van der Waals surface area contributed by atoms with Gasteiger partial charge in [-0.2, -0.15) is 0 Å². The van der Waals surface area contributed by atoms with Gasteiger partial charge in [0.05, 0.1) is 12.6 Å². The summed E-state index contributed by atoms with van der Waals surface area (Å²) < 4.78 is 5.20. The summed E-state index contributed by atoms with van der Waals surface area (Å²) in [4.78, 5) is 11.8. The van der Waals surface area contributed by atoms with E-state index in [1.807, 2.05) is 20.8 Å². The summed E-state index contributed by atoms with van der Waals surface area (Å²) >= 11 is 0. The van der Waals surface area contributed by atoms with Crippen molar-refractivity contribution in [3.8, 4) is 0 Å². The third-order valence-electron chi connectivity index (χ3n) is 3.03. The van der Waals surface area contributed by atoms with Gasteiger partial charge in [0.2, 0.25) is 0 Å². The zero-order chi connectivity index (χ0) is 12.9. The molecule has 0 radical (unpaired) electrons. The number of carbonyl (C=O) groups excluding carboxylic acids is 1. The third-order valence-corrected chi connectivity index (χ3v) is 3.03. The second-order valence-corrected chi connectivity index (χ2v) is 5.61. The van der Waals surface area contributed by atoms with E-state index >= 15 is 0 Å². The lowest BCUT2D eigenvalue weighted by atomic mass is 9.85. The molecule has 5 nitrogen and oxygen atoms in total. The van der Waals surface area contributed by atoms with Gasteiger partial charge in [-0.25, -0.2) is 4.79 Å². The summed E-state index contributed by atoms with van der Waals surface area (Å²) in [5, 5.41) is 14.8. The van der Waals surface area contributed by atoms with Crippen LogP contribution in [0, 0.1) is 5.41 Å². The molecule has 0 aromatic rings. The molecule has 1 rings (SSSR count). The molecule has 1 aliphatic rings. The van der Waals surface area contributed by atoms with Crippen molar-refractivity contribution in [1.29, 1.82) is 0 Å². The van der Waals surface area contributed by atoms with Gasteiger partial charge in [0, 0.05) is 19.3 Å². The van der Waals surface area contributed by atoms with Crippen LogP contribution in [0.5, 0.6) is 0 Å². The Kier molecular flexibility index (Phi) is 5.21. The molecule has 0 aromatic carbocycles. The van der Waals surface area contributed by atoms with Gasteiger partial charge < -0.3 is 20.5 Å². The highest BCUT2D eigenvalue weighted by atomic mass is 16.5. The Morgan fingerprint density at radius 3 is 2.71 bits per heavy atom. The third kappa shape index (κ3) is 4.91. The Morgan fingerprint density at radius 1 is 1.53 bits per heavy atom. The van der Waals surface area contributed by atoms with Gasteiger partial charge in [0.1, 0.15) is 0 Å². The van der Waals surface area contributed by atoms with Crippen molar-refractivity contribution in [3.05, 3.63) is 0 Å². The van der Waals surface area contributed by atoms with E-state index in [2.05, 4.69) is 10.6 Å². The zero-order valence-electron chi connectivity index (χ0n) is 11.0. The summed E-state index contributed by atoms with van der Waals surface area (Å²) in [6.45, 7) is 7.53. The first-order chi connectivity index (χ1) is 7.93. The predicted molar refractivity (Wildman–Crippen MR) is 65.8 cm³/mol. The molecule has 100 valence electrons. The average Bonchev–Trinajstić information content (AvgIpc) is 2.68. The molecule has 1 fully saturated rings. The highest BCUT2D eigenvalue weighted by molar-refractivity contribution is 5.74. The van der Waals surface area contributed by atoms with Crippen molar-refractivity contribution in [1.82, 2.24) is 10.6 Å². The van der Waals surface area contributed by atoms with Crippen molar-refractivity contribution >= 4 is 6.03 Å². The summed E-state index contributed by atoms with van der Waals surface area (Å²) in [5.41, 5.74) is -0.0632. The van der Waals surface area contributed by atoms with Crippen molar-refractivity contribution < 1.29 is 14.6 Å². The first-order valence-corrected chi connectivity index (χ1v) is 6.19. The number of urea groups is 1. The van der Waals surface area contributed by atoms with Crippen LogP contribution in [-0.2, 0) is 4.74 Å².